The maximum atomic E-state index is 13.0. The van der Waals surface area contributed by atoms with Crippen LogP contribution in [0.2, 0.25) is 0 Å². The number of amides is 1. The number of hydrogen-bond donors (Lipinski definition) is 1. The molecule has 0 spiro atoms. The summed E-state index contributed by atoms with van der Waals surface area (Å²) in [6, 6.07) is 15.0. The van der Waals surface area contributed by atoms with Crippen molar-refractivity contribution < 1.29 is 14.5 Å². The number of carbonyl (C=O) groups is 1. The summed E-state index contributed by atoms with van der Waals surface area (Å²) < 4.78 is 6.70. The van der Waals surface area contributed by atoms with Crippen molar-refractivity contribution in [3.8, 4) is 22.7 Å². The Bertz CT molecular complexity index is 1040. The number of nitro benzene ring substituents is 1. The van der Waals surface area contributed by atoms with Crippen LogP contribution in [0, 0.1) is 16.0 Å². The van der Waals surface area contributed by atoms with Gasteiger partial charge in [0.1, 0.15) is 11.4 Å². The van der Waals surface area contributed by atoms with Crippen LogP contribution in [0.5, 0.6) is 5.75 Å². The van der Waals surface area contributed by atoms with Crippen molar-refractivity contribution in [1.82, 2.24) is 15.1 Å². The molecule has 1 amide bonds. The number of rotatable bonds is 7. The molecular weight excluding hydrogens is 384 g/mol. The maximum Gasteiger partial charge on any atom is 0.270 e. The molecule has 0 bridgehead atoms. The van der Waals surface area contributed by atoms with E-state index in [1.165, 1.54) is 16.8 Å². The highest BCUT2D eigenvalue weighted by atomic mass is 16.6. The quantitative estimate of drug-likeness (QED) is 0.466. The Kier molecular flexibility index (Phi) is 6.15. The molecule has 0 aliphatic carbocycles. The van der Waals surface area contributed by atoms with Gasteiger partial charge in [0, 0.05) is 23.7 Å². The van der Waals surface area contributed by atoms with Gasteiger partial charge in [-0.05, 0) is 55.3 Å². The predicted molar refractivity (Wildman–Crippen MR) is 114 cm³/mol. The van der Waals surface area contributed by atoms with Crippen LogP contribution in [-0.2, 0) is 0 Å². The van der Waals surface area contributed by atoms with E-state index in [4.69, 9.17) is 4.74 Å². The molecule has 0 aliphatic rings. The molecule has 30 heavy (non-hydrogen) atoms. The van der Waals surface area contributed by atoms with Crippen LogP contribution in [-0.4, -0.2) is 33.8 Å². The fourth-order valence-electron chi connectivity index (χ4n) is 2.81. The smallest absolute Gasteiger partial charge is 0.270 e. The van der Waals surface area contributed by atoms with Gasteiger partial charge in [0.05, 0.1) is 23.4 Å². The van der Waals surface area contributed by atoms with Crippen LogP contribution in [0.15, 0.2) is 54.6 Å². The van der Waals surface area contributed by atoms with Gasteiger partial charge < -0.3 is 10.1 Å². The van der Waals surface area contributed by atoms with Crippen LogP contribution in [0.25, 0.3) is 16.9 Å². The SMILES string of the molecule is COc1ccc(-c2cc(C(=O)N[C@@H](C)C(C)C)n(-c3ccc([N+](=O)[O-])cc3)n2)cc1. The standard InChI is InChI=1S/C22H24N4O4/c1-14(2)15(3)23-22(27)21-13-20(16-5-11-19(30-4)12-6-16)24-25(21)17-7-9-18(10-8-17)26(28)29/h5-15H,1-4H3,(H,23,27)/t15-/m0/s1. The van der Waals surface area contributed by atoms with Crippen LogP contribution in [0.4, 0.5) is 5.69 Å². The molecule has 1 N–H and O–H groups in total. The number of non-ortho nitro benzene ring substituents is 1. The Morgan fingerprint density at radius 2 is 1.73 bits per heavy atom. The summed E-state index contributed by atoms with van der Waals surface area (Å²) in [5, 5.41) is 18.5. The molecule has 156 valence electrons. The molecule has 0 aliphatic heterocycles. The number of hydrogen-bond acceptors (Lipinski definition) is 5. The van der Waals surface area contributed by atoms with Gasteiger partial charge in [0.25, 0.3) is 11.6 Å². The molecule has 0 fully saturated rings. The molecular formula is C22H24N4O4. The lowest BCUT2D eigenvalue weighted by molar-refractivity contribution is -0.384. The summed E-state index contributed by atoms with van der Waals surface area (Å²) in [6.07, 6.45) is 0. The second-order valence-electron chi connectivity index (χ2n) is 7.33. The first-order valence-electron chi connectivity index (χ1n) is 9.60. The highest BCUT2D eigenvalue weighted by Gasteiger charge is 2.20. The van der Waals surface area contributed by atoms with Crippen molar-refractivity contribution in [3.05, 3.63) is 70.4 Å². The summed E-state index contributed by atoms with van der Waals surface area (Å²) in [5.74, 6) is 0.727. The minimum atomic E-state index is -0.465. The number of ether oxygens (including phenoxy) is 1. The van der Waals surface area contributed by atoms with Gasteiger partial charge in [-0.2, -0.15) is 5.10 Å². The summed E-state index contributed by atoms with van der Waals surface area (Å²) in [4.78, 5) is 23.5. The molecule has 0 saturated heterocycles. The second-order valence-corrected chi connectivity index (χ2v) is 7.33. The monoisotopic (exact) mass is 408 g/mol. The number of nitrogens with zero attached hydrogens (tertiary/aromatic N) is 3. The zero-order chi connectivity index (χ0) is 21.8. The van der Waals surface area contributed by atoms with Gasteiger partial charge in [-0.1, -0.05) is 13.8 Å². The van der Waals surface area contributed by atoms with Crippen molar-refractivity contribution >= 4 is 11.6 Å². The number of aromatic nitrogens is 2. The zero-order valence-corrected chi connectivity index (χ0v) is 17.3. The highest BCUT2D eigenvalue weighted by Crippen LogP contribution is 2.25. The van der Waals surface area contributed by atoms with E-state index in [-0.39, 0.29) is 23.6 Å². The molecule has 1 aromatic heterocycles. The molecule has 8 heteroatoms. The minimum Gasteiger partial charge on any atom is -0.497 e. The van der Waals surface area contributed by atoms with Gasteiger partial charge in [0.15, 0.2) is 0 Å². The summed E-state index contributed by atoms with van der Waals surface area (Å²) in [7, 11) is 1.59. The summed E-state index contributed by atoms with van der Waals surface area (Å²) in [6.45, 7) is 6.00. The van der Waals surface area contributed by atoms with Crippen molar-refractivity contribution in [1.29, 1.82) is 0 Å². The Morgan fingerprint density at radius 1 is 1.10 bits per heavy atom. The number of nitrogens with one attached hydrogen (secondary N) is 1. The van der Waals surface area contributed by atoms with E-state index < -0.39 is 4.92 Å². The van der Waals surface area contributed by atoms with E-state index in [9.17, 15) is 14.9 Å². The van der Waals surface area contributed by atoms with Crippen LogP contribution in [0.1, 0.15) is 31.3 Å². The maximum absolute atomic E-state index is 13.0. The van der Waals surface area contributed by atoms with Crippen LogP contribution < -0.4 is 10.1 Å². The first kappa shape index (κ1) is 21.0. The fourth-order valence-corrected chi connectivity index (χ4v) is 2.81. The van der Waals surface area contributed by atoms with Gasteiger partial charge in [-0.25, -0.2) is 4.68 Å². The first-order chi connectivity index (χ1) is 14.3. The molecule has 2 aromatic carbocycles. The van der Waals surface area contributed by atoms with E-state index in [1.54, 1.807) is 25.3 Å². The third-order valence-corrected chi connectivity index (χ3v) is 4.99. The lowest BCUT2D eigenvalue weighted by Gasteiger charge is -2.17. The number of methoxy groups -OCH3 is 1. The minimum absolute atomic E-state index is 0.0258. The lowest BCUT2D eigenvalue weighted by atomic mass is 10.1. The van der Waals surface area contributed by atoms with E-state index in [0.29, 0.717) is 17.1 Å². The molecule has 8 nitrogen and oxygen atoms in total. The Hall–Kier alpha value is -3.68. The molecule has 0 unspecified atom stereocenters. The normalized spacial score (nSPS) is 11.9. The Balaban J connectivity index is 2.04. The summed E-state index contributed by atoms with van der Waals surface area (Å²) >= 11 is 0. The fraction of sp³-hybridized carbons (Fsp3) is 0.273. The molecule has 0 saturated carbocycles. The average Bonchev–Trinajstić information content (AvgIpc) is 3.19. The topological polar surface area (TPSA) is 99.3 Å². The molecule has 3 aromatic rings. The van der Waals surface area contributed by atoms with Gasteiger partial charge in [0.2, 0.25) is 0 Å². The van der Waals surface area contributed by atoms with Crippen molar-refractivity contribution in [2.24, 2.45) is 5.92 Å². The van der Waals surface area contributed by atoms with Crippen molar-refractivity contribution in [2.45, 2.75) is 26.8 Å². The van der Waals surface area contributed by atoms with E-state index in [1.807, 2.05) is 45.0 Å². The van der Waals surface area contributed by atoms with E-state index in [0.717, 1.165) is 11.3 Å². The molecule has 0 radical (unpaired) electrons. The largest absolute Gasteiger partial charge is 0.497 e. The highest BCUT2D eigenvalue weighted by molar-refractivity contribution is 5.94. The van der Waals surface area contributed by atoms with E-state index in [2.05, 4.69) is 10.4 Å². The number of benzene rings is 2. The Labute approximate surface area is 174 Å². The average molecular weight is 408 g/mol. The van der Waals surface area contributed by atoms with Gasteiger partial charge >= 0.3 is 0 Å². The number of carbonyl (C=O) groups excluding carboxylic acids is 1. The molecule has 3 rings (SSSR count). The third kappa shape index (κ3) is 4.48. The molecule has 1 atom stereocenters. The van der Waals surface area contributed by atoms with Crippen molar-refractivity contribution in [2.75, 3.05) is 7.11 Å². The van der Waals surface area contributed by atoms with Crippen LogP contribution >= 0.6 is 0 Å². The second kappa shape index (κ2) is 8.77. The van der Waals surface area contributed by atoms with Gasteiger partial charge in [-0.3, -0.25) is 14.9 Å². The lowest BCUT2D eigenvalue weighted by Crippen LogP contribution is -2.37. The van der Waals surface area contributed by atoms with Crippen molar-refractivity contribution in [3.63, 3.8) is 0 Å². The number of nitro groups is 1. The Morgan fingerprint density at radius 3 is 2.27 bits per heavy atom. The summed E-state index contributed by atoms with van der Waals surface area (Å²) in [5.41, 5.74) is 2.31. The molecule has 1 heterocycles. The zero-order valence-electron chi connectivity index (χ0n) is 17.3. The van der Waals surface area contributed by atoms with Crippen LogP contribution in [0.3, 0.4) is 0 Å². The van der Waals surface area contributed by atoms with Gasteiger partial charge in [-0.15, -0.1) is 0 Å². The predicted octanol–water partition coefficient (Wildman–Crippen LogP) is 4.23. The third-order valence-electron chi connectivity index (χ3n) is 4.99. The first-order valence-corrected chi connectivity index (χ1v) is 9.60. The van der Waals surface area contributed by atoms with E-state index >= 15 is 0 Å².